The van der Waals surface area contributed by atoms with Crippen LogP contribution in [0.25, 0.3) is 10.9 Å². The van der Waals surface area contributed by atoms with Crippen LogP contribution < -0.4 is 4.74 Å². The highest BCUT2D eigenvalue weighted by atomic mass is 16.5. The Labute approximate surface area is 101 Å². The molecule has 0 unspecified atom stereocenters. The minimum absolute atomic E-state index is 0.661. The molecule has 2 aromatic heterocycles. The minimum atomic E-state index is 0.661. The molecule has 0 amide bonds. The van der Waals surface area contributed by atoms with E-state index in [9.17, 15) is 0 Å². The van der Waals surface area contributed by atoms with Gasteiger partial charge in [0.2, 0.25) is 5.88 Å². The second kappa shape index (κ2) is 4.40. The molecule has 2 heterocycles. The van der Waals surface area contributed by atoms with Crippen molar-refractivity contribution >= 4 is 10.9 Å². The van der Waals surface area contributed by atoms with Crippen molar-refractivity contribution in [1.82, 2.24) is 9.55 Å². The Bertz CT molecular complexity index is 512. The van der Waals surface area contributed by atoms with Gasteiger partial charge in [-0.1, -0.05) is 19.3 Å². The first-order valence-corrected chi connectivity index (χ1v) is 6.39. The summed E-state index contributed by atoms with van der Waals surface area (Å²) in [6, 6.07) is 4.86. The average molecular weight is 230 g/mol. The van der Waals surface area contributed by atoms with Crippen LogP contribution in [-0.4, -0.2) is 16.7 Å². The van der Waals surface area contributed by atoms with Crippen LogP contribution in [-0.2, 0) is 0 Å². The van der Waals surface area contributed by atoms with Crippen LogP contribution in [0.2, 0.25) is 0 Å². The number of rotatable bonds is 2. The van der Waals surface area contributed by atoms with E-state index in [0.717, 1.165) is 0 Å². The van der Waals surface area contributed by atoms with E-state index in [2.05, 4.69) is 21.8 Å². The largest absolute Gasteiger partial charge is 0.481 e. The summed E-state index contributed by atoms with van der Waals surface area (Å²) >= 11 is 0. The number of ether oxygens (including phenoxy) is 1. The number of aromatic nitrogens is 2. The van der Waals surface area contributed by atoms with Crippen LogP contribution in [0.5, 0.6) is 5.88 Å². The van der Waals surface area contributed by atoms with Crippen molar-refractivity contribution in [3.05, 3.63) is 24.5 Å². The van der Waals surface area contributed by atoms with E-state index in [1.165, 1.54) is 43.0 Å². The van der Waals surface area contributed by atoms with Gasteiger partial charge >= 0.3 is 0 Å². The number of methoxy groups -OCH3 is 1. The predicted octanol–water partition coefficient (Wildman–Crippen LogP) is 3.55. The molecule has 0 bridgehead atoms. The van der Waals surface area contributed by atoms with Crippen molar-refractivity contribution in [1.29, 1.82) is 0 Å². The maximum absolute atomic E-state index is 5.21. The van der Waals surface area contributed by atoms with E-state index in [4.69, 9.17) is 4.74 Å². The summed E-state index contributed by atoms with van der Waals surface area (Å²) in [5.41, 5.74) is 1.25. The highest BCUT2D eigenvalue weighted by Gasteiger charge is 2.16. The monoisotopic (exact) mass is 230 g/mol. The molecule has 0 saturated heterocycles. The molecule has 1 fully saturated rings. The molecule has 3 heteroatoms. The smallest absolute Gasteiger partial charge is 0.215 e. The van der Waals surface area contributed by atoms with Gasteiger partial charge < -0.3 is 9.30 Å². The molecule has 1 aliphatic rings. The molecular weight excluding hydrogens is 212 g/mol. The molecule has 0 aromatic carbocycles. The summed E-state index contributed by atoms with van der Waals surface area (Å²) in [6.45, 7) is 0. The standard InChI is InChI=1S/C14H18N2O/c1-17-14-9-13-11(10-15-14)7-8-16(13)12-5-3-2-4-6-12/h7-10,12H,2-6H2,1H3. The lowest BCUT2D eigenvalue weighted by Gasteiger charge is -2.24. The molecule has 17 heavy (non-hydrogen) atoms. The highest BCUT2D eigenvalue weighted by molar-refractivity contribution is 5.80. The Kier molecular flexibility index (Phi) is 2.75. The van der Waals surface area contributed by atoms with Gasteiger partial charge in [-0.3, -0.25) is 0 Å². The maximum Gasteiger partial charge on any atom is 0.215 e. The van der Waals surface area contributed by atoms with E-state index < -0.39 is 0 Å². The average Bonchev–Trinajstić information content (AvgIpc) is 2.82. The van der Waals surface area contributed by atoms with Crippen molar-refractivity contribution in [2.75, 3.05) is 7.11 Å². The van der Waals surface area contributed by atoms with E-state index in [-0.39, 0.29) is 0 Å². The fourth-order valence-electron chi connectivity index (χ4n) is 2.82. The van der Waals surface area contributed by atoms with Gasteiger partial charge in [0, 0.05) is 29.9 Å². The predicted molar refractivity (Wildman–Crippen MR) is 68.4 cm³/mol. The van der Waals surface area contributed by atoms with Crippen LogP contribution in [0, 0.1) is 0 Å². The van der Waals surface area contributed by atoms with Gasteiger partial charge in [-0.05, 0) is 18.9 Å². The molecule has 1 saturated carbocycles. The lowest BCUT2D eigenvalue weighted by molar-refractivity contribution is 0.360. The third kappa shape index (κ3) is 1.90. The third-order valence-electron chi connectivity index (χ3n) is 3.76. The van der Waals surface area contributed by atoms with Gasteiger partial charge in [0.1, 0.15) is 0 Å². The summed E-state index contributed by atoms with van der Waals surface area (Å²) in [7, 11) is 1.67. The summed E-state index contributed by atoms with van der Waals surface area (Å²) in [4.78, 5) is 4.25. The van der Waals surface area contributed by atoms with E-state index in [1.807, 2.05) is 12.3 Å². The molecule has 0 spiro atoms. The van der Waals surface area contributed by atoms with E-state index in [1.54, 1.807) is 7.11 Å². The van der Waals surface area contributed by atoms with Crippen LogP contribution in [0.15, 0.2) is 24.5 Å². The number of hydrogen-bond acceptors (Lipinski definition) is 2. The number of pyridine rings is 1. The lowest BCUT2D eigenvalue weighted by Crippen LogP contribution is -2.11. The zero-order chi connectivity index (χ0) is 11.7. The Morgan fingerprint density at radius 2 is 2.12 bits per heavy atom. The Morgan fingerprint density at radius 1 is 1.29 bits per heavy atom. The minimum Gasteiger partial charge on any atom is -0.481 e. The number of nitrogens with zero attached hydrogens (tertiary/aromatic N) is 2. The molecule has 3 nitrogen and oxygen atoms in total. The van der Waals surface area contributed by atoms with Gasteiger partial charge in [0.05, 0.1) is 12.6 Å². The van der Waals surface area contributed by atoms with Crippen molar-refractivity contribution < 1.29 is 4.74 Å². The molecule has 90 valence electrons. The second-order valence-electron chi connectivity index (χ2n) is 4.80. The fourth-order valence-corrected chi connectivity index (χ4v) is 2.82. The zero-order valence-electron chi connectivity index (χ0n) is 10.2. The van der Waals surface area contributed by atoms with Crippen LogP contribution >= 0.6 is 0 Å². The summed E-state index contributed by atoms with van der Waals surface area (Å²) in [6.07, 6.45) is 10.8. The zero-order valence-corrected chi connectivity index (χ0v) is 10.2. The molecular formula is C14H18N2O. The Hall–Kier alpha value is -1.51. The number of fused-ring (bicyclic) bond motifs is 1. The first-order chi connectivity index (χ1) is 8.38. The Morgan fingerprint density at radius 3 is 2.88 bits per heavy atom. The highest BCUT2D eigenvalue weighted by Crippen LogP contribution is 2.32. The quantitative estimate of drug-likeness (QED) is 0.788. The molecule has 0 aliphatic heterocycles. The fraction of sp³-hybridized carbons (Fsp3) is 0.500. The van der Waals surface area contributed by atoms with Crippen LogP contribution in [0.1, 0.15) is 38.1 Å². The molecule has 0 N–H and O–H groups in total. The normalized spacial score (nSPS) is 17.5. The van der Waals surface area contributed by atoms with Gasteiger partial charge in [0.15, 0.2) is 0 Å². The first-order valence-electron chi connectivity index (χ1n) is 6.39. The lowest BCUT2D eigenvalue weighted by atomic mass is 9.95. The van der Waals surface area contributed by atoms with Crippen molar-refractivity contribution in [3.8, 4) is 5.88 Å². The van der Waals surface area contributed by atoms with Gasteiger partial charge in [-0.25, -0.2) is 4.98 Å². The topological polar surface area (TPSA) is 27.1 Å². The van der Waals surface area contributed by atoms with Gasteiger partial charge in [-0.15, -0.1) is 0 Å². The molecule has 1 aliphatic carbocycles. The first kappa shape index (κ1) is 10.6. The van der Waals surface area contributed by atoms with Crippen molar-refractivity contribution in [2.45, 2.75) is 38.1 Å². The van der Waals surface area contributed by atoms with Gasteiger partial charge in [-0.2, -0.15) is 0 Å². The van der Waals surface area contributed by atoms with Gasteiger partial charge in [0.25, 0.3) is 0 Å². The van der Waals surface area contributed by atoms with Crippen LogP contribution in [0.4, 0.5) is 0 Å². The maximum atomic E-state index is 5.21. The molecule has 0 atom stereocenters. The molecule has 3 rings (SSSR count). The molecule has 2 aromatic rings. The van der Waals surface area contributed by atoms with Crippen molar-refractivity contribution in [2.24, 2.45) is 0 Å². The third-order valence-corrected chi connectivity index (χ3v) is 3.76. The Balaban J connectivity index is 2.02. The summed E-state index contributed by atoms with van der Waals surface area (Å²) < 4.78 is 7.61. The summed E-state index contributed by atoms with van der Waals surface area (Å²) in [5.74, 6) is 0.702. The number of hydrogen-bond donors (Lipinski definition) is 0. The molecule has 0 radical (unpaired) electrons. The van der Waals surface area contributed by atoms with Crippen molar-refractivity contribution in [3.63, 3.8) is 0 Å². The SMILES string of the molecule is COc1cc2c(ccn2C2CCCCC2)cn1. The van der Waals surface area contributed by atoms with Crippen LogP contribution in [0.3, 0.4) is 0 Å². The second-order valence-corrected chi connectivity index (χ2v) is 4.80. The summed E-state index contributed by atoms with van der Waals surface area (Å²) in [5, 5.41) is 1.20. The van der Waals surface area contributed by atoms with E-state index >= 15 is 0 Å². The van der Waals surface area contributed by atoms with E-state index in [0.29, 0.717) is 11.9 Å².